The SMILES string of the molecule is CC(C)C1(CN2CCCOc3ccccc32)CCNC1. The first-order valence-electron chi connectivity index (χ1n) is 7.89. The van der Waals surface area contributed by atoms with Crippen molar-refractivity contribution in [1.82, 2.24) is 5.32 Å². The highest BCUT2D eigenvalue weighted by molar-refractivity contribution is 5.59. The minimum absolute atomic E-state index is 0.400. The number of hydrogen-bond acceptors (Lipinski definition) is 3. The topological polar surface area (TPSA) is 24.5 Å². The Hall–Kier alpha value is -1.22. The summed E-state index contributed by atoms with van der Waals surface area (Å²) in [6.07, 6.45) is 2.39. The third-order valence-corrected chi connectivity index (χ3v) is 5.04. The molecule has 1 atom stereocenters. The van der Waals surface area contributed by atoms with E-state index in [-0.39, 0.29) is 0 Å². The van der Waals surface area contributed by atoms with Crippen molar-refractivity contribution in [2.45, 2.75) is 26.7 Å². The molecule has 110 valence electrons. The Kier molecular flexibility index (Phi) is 3.88. The fourth-order valence-corrected chi connectivity index (χ4v) is 3.52. The Labute approximate surface area is 122 Å². The molecule has 2 aliphatic heterocycles. The Morgan fingerprint density at radius 2 is 2.20 bits per heavy atom. The number of fused-ring (bicyclic) bond motifs is 1. The lowest BCUT2D eigenvalue weighted by Gasteiger charge is -2.39. The smallest absolute Gasteiger partial charge is 0.142 e. The second-order valence-electron chi connectivity index (χ2n) is 6.54. The molecule has 1 N–H and O–H groups in total. The van der Waals surface area contributed by atoms with E-state index in [9.17, 15) is 0 Å². The first kappa shape index (κ1) is 13.7. The quantitative estimate of drug-likeness (QED) is 0.917. The molecule has 0 amide bonds. The molecular formula is C17H26N2O. The van der Waals surface area contributed by atoms with Gasteiger partial charge in [-0.05, 0) is 37.4 Å². The normalized spacial score (nSPS) is 26.2. The highest BCUT2D eigenvalue weighted by Crippen LogP contribution is 2.39. The molecule has 1 unspecified atom stereocenters. The number of benzene rings is 1. The predicted molar refractivity (Wildman–Crippen MR) is 83.5 cm³/mol. The lowest BCUT2D eigenvalue weighted by molar-refractivity contribution is 0.222. The van der Waals surface area contributed by atoms with Crippen molar-refractivity contribution in [2.75, 3.05) is 37.7 Å². The van der Waals surface area contributed by atoms with Crippen LogP contribution in [0.25, 0.3) is 0 Å². The number of para-hydroxylation sites is 2. The molecule has 3 nitrogen and oxygen atoms in total. The molecule has 0 spiro atoms. The number of ether oxygens (including phenoxy) is 1. The third-order valence-electron chi connectivity index (χ3n) is 5.04. The van der Waals surface area contributed by atoms with Crippen LogP contribution in [0.4, 0.5) is 5.69 Å². The molecule has 1 aromatic rings. The zero-order valence-electron chi connectivity index (χ0n) is 12.7. The highest BCUT2D eigenvalue weighted by atomic mass is 16.5. The average Bonchev–Trinajstić information content (AvgIpc) is 2.84. The van der Waals surface area contributed by atoms with E-state index in [2.05, 4.69) is 48.3 Å². The fraction of sp³-hybridized carbons (Fsp3) is 0.647. The van der Waals surface area contributed by atoms with Gasteiger partial charge in [-0.1, -0.05) is 26.0 Å². The van der Waals surface area contributed by atoms with Gasteiger partial charge in [0.25, 0.3) is 0 Å². The van der Waals surface area contributed by atoms with Crippen molar-refractivity contribution in [2.24, 2.45) is 11.3 Å². The molecule has 0 bridgehead atoms. The Bertz CT molecular complexity index is 452. The molecule has 20 heavy (non-hydrogen) atoms. The van der Waals surface area contributed by atoms with Crippen LogP contribution >= 0.6 is 0 Å². The van der Waals surface area contributed by atoms with E-state index in [0.717, 1.165) is 45.0 Å². The Morgan fingerprint density at radius 1 is 1.35 bits per heavy atom. The van der Waals surface area contributed by atoms with Crippen LogP contribution in [0.3, 0.4) is 0 Å². The molecule has 2 heterocycles. The van der Waals surface area contributed by atoms with Crippen LogP contribution < -0.4 is 15.0 Å². The molecule has 1 fully saturated rings. The molecule has 3 heteroatoms. The molecular weight excluding hydrogens is 248 g/mol. The van der Waals surface area contributed by atoms with E-state index < -0.39 is 0 Å². The lowest BCUT2D eigenvalue weighted by Crippen LogP contribution is -2.43. The van der Waals surface area contributed by atoms with Gasteiger partial charge in [0, 0.05) is 25.0 Å². The van der Waals surface area contributed by atoms with Gasteiger partial charge < -0.3 is 15.0 Å². The minimum Gasteiger partial charge on any atom is -0.491 e. The number of nitrogens with one attached hydrogen (secondary N) is 1. The zero-order valence-corrected chi connectivity index (χ0v) is 12.7. The molecule has 0 saturated carbocycles. The van der Waals surface area contributed by atoms with Crippen LogP contribution in [0.5, 0.6) is 5.75 Å². The van der Waals surface area contributed by atoms with E-state index >= 15 is 0 Å². The van der Waals surface area contributed by atoms with Gasteiger partial charge in [-0.3, -0.25) is 0 Å². The summed E-state index contributed by atoms with van der Waals surface area (Å²) in [6, 6.07) is 8.49. The number of rotatable bonds is 3. The van der Waals surface area contributed by atoms with Crippen molar-refractivity contribution < 1.29 is 4.74 Å². The third kappa shape index (κ3) is 2.51. The zero-order chi connectivity index (χ0) is 14.0. The average molecular weight is 274 g/mol. The van der Waals surface area contributed by atoms with Gasteiger partial charge in [0.2, 0.25) is 0 Å². The van der Waals surface area contributed by atoms with E-state index in [1.165, 1.54) is 12.1 Å². The van der Waals surface area contributed by atoms with Gasteiger partial charge >= 0.3 is 0 Å². The van der Waals surface area contributed by atoms with Crippen molar-refractivity contribution in [3.05, 3.63) is 24.3 Å². The van der Waals surface area contributed by atoms with Crippen molar-refractivity contribution in [3.8, 4) is 5.75 Å². The summed E-state index contributed by atoms with van der Waals surface area (Å²) in [5.41, 5.74) is 1.68. The van der Waals surface area contributed by atoms with E-state index in [1.54, 1.807) is 0 Å². The molecule has 2 aliphatic rings. The minimum atomic E-state index is 0.400. The number of nitrogens with zero attached hydrogens (tertiary/aromatic N) is 1. The number of anilines is 1. The fourth-order valence-electron chi connectivity index (χ4n) is 3.52. The van der Waals surface area contributed by atoms with Crippen LogP contribution in [0.2, 0.25) is 0 Å². The monoisotopic (exact) mass is 274 g/mol. The van der Waals surface area contributed by atoms with E-state index in [0.29, 0.717) is 11.3 Å². The van der Waals surface area contributed by atoms with Crippen LogP contribution in [-0.4, -0.2) is 32.8 Å². The molecule has 0 radical (unpaired) electrons. The maximum atomic E-state index is 5.88. The first-order chi connectivity index (χ1) is 9.71. The predicted octanol–water partition coefficient (Wildman–Crippen LogP) is 2.91. The van der Waals surface area contributed by atoms with Gasteiger partial charge in [-0.2, -0.15) is 0 Å². The van der Waals surface area contributed by atoms with Gasteiger partial charge in [0.1, 0.15) is 5.75 Å². The molecule has 1 saturated heterocycles. The largest absolute Gasteiger partial charge is 0.491 e. The van der Waals surface area contributed by atoms with E-state index in [4.69, 9.17) is 4.74 Å². The summed E-state index contributed by atoms with van der Waals surface area (Å²) >= 11 is 0. The molecule has 0 aliphatic carbocycles. The molecule has 3 rings (SSSR count). The first-order valence-corrected chi connectivity index (χ1v) is 7.89. The van der Waals surface area contributed by atoms with Crippen LogP contribution in [-0.2, 0) is 0 Å². The van der Waals surface area contributed by atoms with Gasteiger partial charge in [0.05, 0.1) is 12.3 Å². The summed E-state index contributed by atoms with van der Waals surface area (Å²) in [5, 5.41) is 3.57. The second kappa shape index (κ2) is 5.65. The lowest BCUT2D eigenvalue weighted by atomic mass is 9.76. The van der Waals surface area contributed by atoms with Crippen molar-refractivity contribution in [3.63, 3.8) is 0 Å². The van der Waals surface area contributed by atoms with Gasteiger partial charge in [-0.15, -0.1) is 0 Å². The molecule has 1 aromatic carbocycles. The summed E-state index contributed by atoms with van der Waals surface area (Å²) in [7, 11) is 0. The van der Waals surface area contributed by atoms with Crippen LogP contribution in [0.15, 0.2) is 24.3 Å². The van der Waals surface area contributed by atoms with Crippen LogP contribution in [0, 0.1) is 11.3 Å². The van der Waals surface area contributed by atoms with Crippen LogP contribution in [0.1, 0.15) is 26.7 Å². The Balaban J connectivity index is 1.86. The second-order valence-corrected chi connectivity index (χ2v) is 6.54. The number of hydrogen-bond donors (Lipinski definition) is 1. The van der Waals surface area contributed by atoms with E-state index in [1.807, 2.05) is 0 Å². The molecule has 0 aromatic heterocycles. The Morgan fingerprint density at radius 3 is 2.95 bits per heavy atom. The highest BCUT2D eigenvalue weighted by Gasteiger charge is 2.39. The van der Waals surface area contributed by atoms with Gasteiger partial charge in [-0.25, -0.2) is 0 Å². The summed E-state index contributed by atoms with van der Waals surface area (Å²) in [5.74, 6) is 1.75. The van der Waals surface area contributed by atoms with Crippen molar-refractivity contribution >= 4 is 5.69 Å². The summed E-state index contributed by atoms with van der Waals surface area (Å²) in [4.78, 5) is 2.55. The van der Waals surface area contributed by atoms with Gasteiger partial charge in [0.15, 0.2) is 0 Å². The maximum absolute atomic E-state index is 5.88. The maximum Gasteiger partial charge on any atom is 0.142 e. The standard InChI is InChI=1S/C17H26N2O/c1-14(2)17(8-9-18-12-17)13-19-10-5-11-20-16-7-4-3-6-15(16)19/h3-4,6-7,14,18H,5,8-13H2,1-2H3. The van der Waals surface area contributed by atoms with Crippen molar-refractivity contribution in [1.29, 1.82) is 0 Å². The summed E-state index contributed by atoms with van der Waals surface area (Å²) < 4.78 is 5.88. The summed E-state index contributed by atoms with van der Waals surface area (Å²) in [6.45, 7) is 10.1.